The van der Waals surface area contributed by atoms with Gasteiger partial charge in [-0.15, -0.1) is 0 Å². The Hall–Kier alpha value is -2.36. The van der Waals surface area contributed by atoms with E-state index in [-0.39, 0.29) is 0 Å². The van der Waals surface area contributed by atoms with Gasteiger partial charge in [0, 0.05) is 19.6 Å². The number of rotatable bonds is 4. The first kappa shape index (κ1) is 15.5. The fourth-order valence-electron chi connectivity index (χ4n) is 3.08. The van der Waals surface area contributed by atoms with Crippen LogP contribution in [0.15, 0.2) is 36.4 Å². The number of benzene rings is 2. The molecule has 2 aromatic carbocycles. The molecule has 1 aliphatic rings. The highest BCUT2D eigenvalue weighted by Crippen LogP contribution is 2.33. The van der Waals surface area contributed by atoms with Gasteiger partial charge in [0.05, 0.1) is 25.6 Å². The van der Waals surface area contributed by atoms with Gasteiger partial charge in [-0.3, -0.25) is 0 Å². The zero-order valence-electron chi connectivity index (χ0n) is 14.1. The summed E-state index contributed by atoms with van der Waals surface area (Å²) < 4.78 is 10.8. The average molecular weight is 312 g/mol. The topological polar surface area (TPSA) is 33.7 Å². The van der Waals surface area contributed by atoms with Crippen LogP contribution >= 0.6 is 0 Å². The Balaban J connectivity index is 1.93. The Morgan fingerprint density at radius 1 is 1.09 bits per heavy atom. The molecule has 23 heavy (non-hydrogen) atoms. The minimum absolute atomic E-state index is 0.784. The molecular weight excluding hydrogens is 288 g/mol. The molecular formula is C19H24N2O2. The molecule has 4 nitrogen and oxygen atoms in total. The van der Waals surface area contributed by atoms with E-state index in [1.165, 1.54) is 22.5 Å². The number of fused-ring (bicyclic) bond motifs is 1. The van der Waals surface area contributed by atoms with Gasteiger partial charge in [0.1, 0.15) is 0 Å². The van der Waals surface area contributed by atoms with Crippen molar-refractivity contribution in [3.8, 4) is 11.5 Å². The molecule has 0 spiro atoms. The third-order valence-corrected chi connectivity index (χ3v) is 4.37. The number of nitrogens with one attached hydrogen (secondary N) is 1. The van der Waals surface area contributed by atoms with Crippen LogP contribution < -0.4 is 19.7 Å². The van der Waals surface area contributed by atoms with Crippen LogP contribution in [0.5, 0.6) is 11.5 Å². The van der Waals surface area contributed by atoms with E-state index in [1.54, 1.807) is 14.2 Å². The molecule has 0 fully saturated rings. The highest BCUT2D eigenvalue weighted by atomic mass is 16.5. The Bertz CT molecular complexity index is 685. The minimum atomic E-state index is 0.784. The van der Waals surface area contributed by atoms with Crippen molar-refractivity contribution in [3.05, 3.63) is 47.5 Å². The van der Waals surface area contributed by atoms with Crippen LogP contribution in [0.1, 0.15) is 17.5 Å². The number of ether oxygens (including phenoxy) is 2. The van der Waals surface area contributed by atoms with E-state index in [0.717, 1.165) is 37.6 Å². The molecule has 1 aliphatic heterocycles. The van der Waals surface area contributed by atoms with E-state index >= 15 is 0 Å². The van der Waals surface area contributed by atoms with Crippen LogP contribution in [-0.2, 0) is 6.54 Å². The molecule has 0 saturated carbocycles. The second-order valence-corrected chi connectivity index (χ2v) is 5.85. The quantitative estimate of drug-likeness (QED) is 0.930. The Morgan fingerprint density at radius 2 is 1.83 bits per heavy atom. The van der Waals surface area contributed by atoms with Crippen LogP contribution in [0, 0.1) is 6.92 Å². The molecule has 3 rings (SSSR count). The number of aryl methyl sites for hydroxylation is 1. The normalized spacial score (nSPS) is 13.8. The Morgan fingerprint density at radius 3 is 2.61 bits per heavy atom. The fourth-order valence-corrected chi connectivity index (χ4v) is 3.08. The van der Waals surface area contributed by atoms with Crippen molar-refractivity contribution in [1.29, 1.82) is 0 Å². The van der Waals surface area contributed by atoms with Gasteiger partial charge in [-0.05, 0) is 48.7 Å². The standard InChI is InChI=1S/C19H24N2O2/c1-14-11-18(22-2)19(23-3)12-15(14)13-21-10-6-9-20-16-7-4-5-8-17(16)21/h4-5,7-8,11-12,20H,6,9-10,13H2,1-3H3. The lowest BCUT2D eigenvalue weighted by atomic mass is 10.1. The van der Waals surface area contributed by atoms with Gasteiger partial charge in [0.2, 0.25) is 0 Å². The summed E-state index contributed by atoms with van der Waals surface area (Å²) in [4.78, 5) is 2.43. The van der Waals surface area contributed by atoms with Crippen molar-refractivity contribution in [1.82, 2.24) is 0 Å². The SMILES string of the molecule is COc1cc(C)c(CN2CCCNc3ccccc32)cc1OC. The van der Waals surface area contributed by atoms with E-state index in [0.29, 0.717) is 0 Å². The maximum atomic E-state index is 5.46. The van der Waals surface area contributed by atoms with Gasteiger partial charge in [0.25, 0.3) is 0 Å². The van der Waals surface area contributed by atoms with E-state index in [4.69, 9.17) is 9.47 Å². The van der Waals surface area contributed by atoms with Gasteiger partial charge in [0.15, 0.2) is 11.5 Å². The van der Waals surface area contributed by atoms with E-state index in [2.05, 4.69) is 53.5 Å². The zero-order chi connectivity index (χ0) is 16.2. The summed E-state index contributed by atoms with van der Waals surface area (Å²) in [6.07, 6.45) is 1.13. The molecule has 2 aromatic rings. The molecule has 1 heterocycles. The summed E-state index contributed by atoms with van der Waals surface area (Å²) in [5.41, 5.74) is 4.96. The number of hydrogen-bond acceptors (Lipinski definition) is 4. The second-order valence-electron chi connectivity index (χ2n) is 5.85. The lowest BCUT2D eigenvalue weighted by Gasteiger charge is -2.26. The highest BCUT2D eigenvalue weighted by molar-refractivity contribution is 5.71. The van der Waals surface area contributed by atoms with Gasteiger partial charge in [-0.25, -0.2) is 0 Å². The van der Waals surface area contributed by atoms with Gasteiger partial charge in [-0.1, -0.05) is 12.1 Å². The van der Waals surface area contributed by atoms with Crippen molar-refractivity contribution in [3.63, 3.8) is 0 Å². The molecule has 0 aromatic heterocycles. The molecule has 0 amide bonds. The average Bonchev–Trinajstić information content (AvgIpc) is 2.79. The largest absolute Gasteiger partial charge is 0.493 e. The first-order valence-corrected chi connectivity index (χ1v) is 8.02. The lowest BCUT2D eigenvalue weighted by Crippen LogP contribution is -2.23. The molecule has 0 radical (unpaired) electrons. The monoisotopic (exact) mass is 312 g/mol. The molecule has 0 bridgehead atoms. The lowest BCUT2D eigenvalue weighted by molar-refractivity contribution is 0.354. The first-order chi connectivity index (χ1) is 11.2. The summed E-state index contributed by atoms with van der Waals surface area (Å²) in [7, 11) is 3.36. The van der Waals surface area contributed by atoms with Crippen molar-refractivity contribution < 1.29 is 9.47 Å². The maximum Gasteiger partial charge on any atom is 0.161 e. The molecule has 0 saturated heterocycles. The summed E-state index contributed by atoms with van der Waals surface area (Å²) in [5.74, 6) is 1.57. The summed E-state index contributed by atoms with van der Waals surface area (Å²) in [6.45, 7) is 5.04. The van der Waals surface area contributed by atoms with Gasteiger partial charge in [-0.2, -0.15) is 0 Å². The van der Waals surface area contributed by atoms with E-state index in [9.17, 15) is 0 Å². The molecule has 122 valence electrons. The fraction of sp³-hybridized carbons (Fsp3) is 0.368. The molecule has 0 aliphatic carbocycles. The summed E-state index contributed by atoms with van der Waals surface area (Å²) in [5, 5.41) is 3.51. The van der Waals surface area contributed by atoms with Crippen LogP contribution in [0.25, 0.3) is 0 Å². The molecule has 0 unspecified atom stereocenters. The number of hydrogen-bond donors (Lipinski definition) is 1. The molecule has 1 N–H and O–H groups in total. The third-order valence-electron chi connectivity index (χ3n) is 4.37. The van der Waals surface area contributed by atoms with Crippen molar-refractivity contribution >= 4 is 11.4 Å². The predicted octanol–water partition coefficient (Wildman–Crippen LogP) is 3.83. The van der Waals surface area contributed by atoms with Crippen LogP contribution in [0.2, 0.25) is 0 Å². The van der Waals surface area contributed by atoms with Crippen LogP contribution in [-0.4, -0.2) is 27.3 Å². The zero-order valence-corrected chi connectivity index (χ0v) is 14.1. The number of para-hydroxylation sites is 2. The summed E-state index contributed by atoms with van der Waals surface area (Å²) in [6, 6.07) is 12.7. The second kappa shape index (κ2) is 6.82. The maximum absolute atomic E-state index is 5.46. The number of methoxy groups -OCH3 is 2. The minimum Gasteiger partial charge on any atom is -0.493 e. The summed E-state index contributed by atoms with van der Waals surface area (Å²) >= 11 is 0. The van der Waals surface area contributed by atoms with Gasteiger partial charge >= 0.3 is 0 Å². The van der Waals surface area contributed by atoms with E-state index < -0.39 is 0 Å². The van der Waals surface area contributed by atoms with E-state index in [1.807, 2.05) is 0 Å². The van der Waals surface area contributed by atoms with Crippen molar-refractivity contribution in [2.24, 2.45) is 0 Å². The van der Waals surface area contributed by atoms with Crippen LogP contribution in [0.3, 0.4) is 0 Å². The Labute approximate surface area is 138 Å². The Kier molecular flexibility index (Phi) is 4.60. The smallest absolute Gasteiger partial charge is 0.161 e. The van der Waals surface area contributed by atoms with Crippen molar-refractivity contribution in [2.45, 2.75) is 19.9 Å². The van der Waals surface area contributed by atoms with Crippen molar-refractivity contribution in [2.75, 3.05) is 37.5 Å². The molecule has 0 atom stereocenters. The molecule has 4 heteroatoms. The predicted molar refractivity (Wildman–Crippen MR) is 94.9 cm³/mol. The number of nitrogens with zero attached hydrogens (tertiary/aromatic N) is 1. The third kappa shape index (κ3) is 3.21. The first-order valence-electron chi connectivity index (χ1n) is 8.02. The number of anilines is 2. The highest BCUT2D eigenvalue weighted by Gasteiger charge is 2.17. The van der Waals surface area contributed by atoms with Crippen LogP contribution in [0.4, 0.5) is 11.4 Å². The van der Waals surface area contributed by atoms with Gasteiger partial charge < -0.3 is 19.7 Å².